The van der Waals surface area contributed by atoms with Gasteiger partial charge in [0.05, 0.1) is 20.8 Å². The van der Waals surface area contributed by atoms with E-state index in [9.17, 15) is 0 Å². The van der Waals surface area contributed by atoms with Crippen molar-refractivity contribution in [2.24, 2.45) is 0 Å². The predicted octanol–water partition coefficient (Wildman–Crippen LogP) is 5.55. The number of pyridine rings is 1. The number of hydrogen-bond acceptors (Lipinski definition) is 2. The summed E-state index contributed by atoms with van der Waals surface area (Å²) < 4.78 is 0.749. The fourth-order valence-corrected chi connectivity index (χ4v) is 2.14. The molecule has 0 amide bonds. The smallest absolute Gasteiger partial charge is 0.130 e. The first-order valence-corrected chi connectivity index (χ1v) is 6.52. The van der Waals surface area contributed by atoms with Crippen molar-refractivity contribution in [1.82, 2.24) is 4.98 Å². The Balaban J connectivity index is 2.30. The number of benzene rings is 1. The van der Waals surface area contributed by atoms with Crippen LogP contribution in [0.3, 0.4) is 0 Å². The van der Waals surface area contributed by atoms with Crippen LogP contribution in [0.25, 0.3) is 0 Å². The molecule has 0 saturated carbocycles. The van der Waals surface area contributed by atoms with Crippen LogP contribution in [-0.2, 0) is 0 Å². The number of hydrogen-bond donors (Lipinski definition) is 1. The summed E-state index contributed by atoms with van der Waals surface area (Å²) in [5, 5.41) is 4.55. The Bertz CT molecular complexity index is 543. The lowest BCUT2D eigenvalue weighted by Crippen LogP contribution is -1.94. The van der Waals surface area contributed by atoms with Crippen molar-refractivity contribution in [3.05, 3.63) is 50.0 Å². The maximum absolute atomic E-state index is 6.10. The van der Waals surface area contributed by atoms with Gasteiger partial charge < -0.3 is 5.32 Å². The monoisotopic (exact) mass is 350 g/mol. The standard InChI is InChI=1S/C11H6BrCl3N2/c12-7-2-3-8(11(15)10(7)14)17-9-4-1-6(13)5-16-9/h1-5H,(H,16,17). The number of nitrogens with one attached hydrogen (secondary N) is 1. The largest absolute Gasteiger partial charge is 0.339 e. The van der Waals surface area contributed by atoms with E-state index in [0.29, 0.717) is 26.6 Å². The van der Waals surface area contributed by atoms with Gasteiger partial charge in [-0.3, -0.25) is 0 Å². The van der Waals surface area contributed by atoms with Gasteiger partial charge in [0.1, 0.15) is 5.82 Å². The molecule has 0 aliphatic carbocycles. The average Bonchev–Trinajstić information content (AvgIpc) is 2.33. The highest BCUT2D eigenvalue weighted by molar-refractivity contribution is 9.10. The molecule has 0 saturated heterocycles. The minimum atomic E-state index is 0.442. The second-order valence-electron chi connectivity index (χ2n) is 3.21. The van der Waals surface area contributed by atoms with Crippen molar-refractivity contribution >= 4 is 62.2 Å². The summed E-state index contributed by atoms with van der Waals surface area (Å²) in [5.74, 6) is 0.648. The van der Waals surface area contributed by atoms with Crippen molar-refractivity contribution in [2.75, 3.05) is 5.32 Å². The van der Waals surface area contributed by atoms with Gasteiger partial charge in [-0.1, -0.05) is 34.8 Å². The van der Waals surface area contributed by atoms with Crippen LogP contribution in [0.1, 0.15) is 0 Å². The van der Waals surface area contributed by atoms with Gasteiger partial charge in [-0.25, -0.2) is 4.98 Å². The van der Waals surface area contributed by atoms with Crippen molar-refractivity contribution in [3.8, 4) is 0 Å². The zero-order chi connectivity index (χ0) is 12.4. The molecule has 2 aromatic rings. The Morgan fingerprint density at radius 1 is 1.00 bits per heavy atom. The highest BCUT2D eigenvalue weighted by Crippen LogP contribution is 2.36. The molecule has 1 aromatic heterocycles. The van der Waals surface area contributed by atoms with E-state index in [2.05, 4.69) is 26.2 Å². The summed E-state index contributed by atoms with van der Waals surface area (Å²) in [6.07, 6.45) is 1.55. The third-order valence-electron chi connectivity index (χ3n) is 2.03. The van der Waals surface area contributed by atoms with Crippen LogP contribution in [0.2, 0.25) is 15.1 Å². The molecule has 88 valence electrons. The summed E-state index contributed by atoms with van der Waals surface area (Å²) in [4.78, 5) is 4.11. The molecular formula is C11H6BrCl3N2. The van der Waals surface area contributed by atoms with Crippen LogP contribution in [0, 0.1) is 0 Å². The van der Waals surface area contributed by atoms with Gasteiger partial charge >= 0.3 is 0 Å². The summed E-state index contributed by atoms with van der Waals surface area (Å²) in [7, 11) is 0. The predicted molar refractivity (Wildman–Crippen MR) is 76.7 cm³/mol. The molecule has 0 radical (unpaired) electrons. The quantitative estimate of drug-likeness (QED) is 0.717. The number of nitrogens with zero attached hydrogens (tertiary/aromatic N) is 1. The molecule has 0 fully saturated rings. The molecule has 1 N–H and O–H groups in total. The number of aromatic nitrogens is 1. The topological polar surface area (TPSA) is 24.9 Å². The minimum Gasteiger partial charge on any atom is -0.339 e. The van der Waals surface area contributed by atoms with Gasteiger partial charge in [0, 0.05) is 10.7 Å². The number of halogens is 4. The van der Waals surface area contributed by atoms with Gasteiger partial charge in [-0.15, -0.1) is 0 Å². The lowest BCUT2D eigenvalue weighted by atomic mass is 10.3. The third kappa shape index (κ3) is 3.05. The van der Waals surface area contributed by atoms with Crippen LogP contribution in [0.15, 0.2) is 34.9 Å². The zero-order valence-corrected chi connectivity index (χ0v) is 12.2. The zero-order valence-electron chi connectivity index (χ0n) is 8.35. The lowest BCUT2D eigenvalue weighted by molar-refractivity contribution is 1.31. The Kier molecular flexibility index (Phi) is 4.15. The first-order chi connectivity index (χ1) is 8.08. The van der Waals surface area contributed by atoms with E-state index < -0.39 is 0 Å². The fraction of sp³-hybridized carbons (Fsp3) is 0. The molecule has 1 heterocycles. The molecule has 0 atom stereocenters. The van der Waals surface area contributed by atoms with Crippen molar-refractivity contribution in [2.45, 2.75) is 0 Å². The number of anilines is 2. The van der Waals surface area contributed by atoms with Crippen LogP contribution in [0.5, 0.6) is 0 Å². The van der Waals surface area contributed by atoms with Gasteiger partial charge in [0.25, 0.3) is 0 Å². The average molecular weight is 352 g/mol. The maximum Gasteiger partial charge on any atom is 0.130 e. The third-order valence-corrected chi connectivity index (χ3v) is 4.02. The fourth-order valence-electron chi connectivity index (χ4n) is 1.21. The van der Waals surface area contributed by atoms with Crippen LogP contribution >= 0.6 is 50.7 Å². The van der Waals surface area contributed by atoms with Crippen molar-refractivity contribution in [1.29, 1.82) is 0 Å². The molecule has 0 bridgehead atoms. The maximum atomic E-state index is 6.10. The Morgan fingerprint density at radius 3 is 2.41 bits per heavy atom. The molecule has 0 spiro atoms. The molecule has 6 heteroatoms. The van der Waals surface area contributed by atoms with Crippen molar-refractivity contribution < 1.29 is 0 Å². The van der Waals surface area contributed by atoms with E-state index in [1.807, 2.05) is 12.1 Å². The Labute approximate surface area is 122 Å². The molecule has 2 rings (SSSR count). The normalized spacial score (nSPS) is 10.4. The summed E-state index contributed by atoms with van der Waals surface area (Å²) in [6, 6.07) is 7.13. The molecule has 0 unspecified atom stereocenters. The Morgan fingerprint density at radius 2 is 1.76 bits per heavy atom. The first-order valence-electron chi connectivity index (χ1n) is 4.60. The number of rotatable bonds is 2. The van der Waals surface area contributed by atoms with Crippen LogP contribution in [-0.4, -0.2) is 4.98 Å². The second kappa shape index (κ2) is 5.44. The van der Waals surface area contributed by atoms with Gasteiger partial charge in [0.2, 0.25) is 0 Å². The second-order valence-corrected chi connectivity index (χ2v) is 5.26. The van der Waals surface area contributed by atoms with E-state index in [-0.39, 0.29) is 0 Å². The lowest BCUT2D eigenvalue weighted by Gasteiger charge is -2.09. The highest BCUT2D eigenvalue weighted by Gasteiger charge is 2.08. The summed E-state index contributed by atoms with van der Waals surface area (Å²) in [6.45, 7) is 0. The first kappa shape index (κ1) is 13.0. The molecule has 2 nitrogen and oxygen atoms in total. The minimum absolute atomic E-state index is 0.442. The van der Waals surface area contributed by atoms with E-state index in [4.69, 9.17) is 34.8 Å². The molecule has 1 aromatic carbocycles. The SMILES string of the molecule is Clc1ccc(Nc2ccc(Br)c(Cl)c2Cl)nc1. The molecular weight excluding hydrogens is 346 g/mol. The van der Waals surface area contributed by atoms with E-state index in [1.54, 1.807) is 18.3 Å². The van der Waals surface area contributed by atoms with Gasteiger partial charge in [0.15, 0.2) is 0 Å². The van der Waals surface area contributed by atoms with Gasteiger partial charge in [-0.2, -0.15) is 0 Å². The van der Waals surface area contributed by atoms with Crippen LogP contribution < -0.4 is 5.32 Å². The van der Waals surface area contributed by atoms with Crippen LogP contribution in [0.4, 0.5) is 11.5 Å². The molecule has 0 aliphatic rings. The van der Waals surface area contributed by atoms with E-state index >= 15 is 0 Å². The molecule has 17 heavy (non-hydrogen) atoms. The Hall–Kier alpha value is -0.480. The molecule has 0 aliphatic heterocycles. The van der Waals surface area contributed by atoms with Gasteiger partial charge in [-0.05, 0) is 40.2 Å². The van der Waals surface area contributed by atoms with E-state index in [1.165, 1.54) is 0 Å². The van der Waals surface area contributed by atoms with Crippen molar-refractivity contribution in [3.63, 3.8) is 0 Å². The summed E-state index contributed by atoms with van der Waals surface area (Å²) >= 11 is 21.2. The highest BCUT2D eigenvalue weighted by atomic mass is 79.9. The van der Waals surface area contributed by atoms with E-state index in [0.717, 1.165) is 4.47 Å². The summed E-state index contributed by atoms with van der Waals surface area (Å²) in [5.41, 5.74) is 0.690.